The second kappa shape index (κ2) is 8.17. The predicted octanol–water partition coefficient (Wildman–Crippen LogP) is 3.12. The lowest BCUT2D eigenvalue weighted by molar-refractivity contribution is 0.0944. The Kier molecular flexibility index (Phi) is 5.95. The van der Waals surface area contributed by atoms with Gasteiger partial charge in [-0.2, -0.15) is 0 Å². The van der Waals surface area contributed by atoms with Gasteiger partial charge in [0.25, 0.3) is 5.91 Å². The molecule has 0 saturated carbocycles. The number of pyridine rings is 1. The van der Waals surface area contributed by atoms with E-state index in [-0.39, 0.29) is 5.91 Å². The Bertz CT molecular complexity index is 596. The molecule has 4 heteroatoms. The molecule has 0 aliphatic heterocycles. The second-order valence-corrected chi connectivity index (χ2v) is 5.70. The number of nitrogens with one attached hydrogen (secondary N) is 2. The Morgan fingerprint density at radius 3 is 2.68 bits per heavy atom. The van der Waals surface area contributed by atoms with Crippen molar-refractivity contribution in [3.63, 3.8) is 0 Å². The summed E-state index contributed by atoms with van der Waals surface area (Å²) in [4.78, 5) is 16.1. The lowest BCUT2D eigenvalue weighted by atomic mass is 10.1. The van der Waals surface area contributed by atoms with Crippen LogP contribution in [-0.4, -0.2) is 24.0 Å². The van der Waals surface area contributed by atoms with E-state index in [9.17, 15) is 4.79 Å². The first kappa shape index (κ1) is 16.0. The van der Waals surface area contributed by atoms with Gasteiger partial charge in [0.15, 0.2) is 0 Å². The van der Waals surface area contributed by atoms with Gasteiger partial charge in [0, 0.05) is 25.0 Å². The van der Waals surface area contributed by atoms with Gasteiger partial charge in [-0.25, -0.2) is 0 Å². The van der Waals surface area contributed by atoms with Crippen molar-refractivity contribution < 1.29 is 4.79 Å². The van der Waals surface area contributed by atoms with Crippen molar-refractivity contribution in [3.05, 3.63) is 59.9 Å². The van der Waals surface area contributed by atoms with Gasteiger partial charge >= 0.3 is 0 Å². The third-order valence-electron chi connectivity index (χ3n) is 3.25. The fourth-order valence-electron chi connectivity index (χ4n) is 2.05. The lowest BCUT2D eigenvalue weighted by Gasteiger charge is -2.09. The average molecular weight is 297 g/mol. The first-order valence-electron chi connectivity index (χ1n) is 7.67. The summed E-state index contributed by atoms with van der Waals surface area (Å²) in [6.07, 6.45) is 2.60. The maximum absolute atomic E-state index is 12.0. The molecular weight excluding hydrogens is 274 g/mol. The van der Waals surface area contributed by atoms with Crippen LogP contribution in [0.1, 0.15) is 29.9 Å². The molecule has 0 aliphatic rings. The molecule has 2 rings (SSSR count). The number of nitrogens with zero attached hydrogens (tertiary/aromatic N) is 1. The van der Waals surface area contributed by atoms with Gasteiger partial charge in [-0.05, 0) is 30.0 Å². The zero-order chi connectivity index (χ0) is 15.8. The molecule has 4 nitrogen and oxygen atoms in total. The quantitative estimate of drug-likeness (QED) is 0.825. The standard InChI is InChI=1S/C18H23N3O/c1-14(2)13-21-18(22)17-12-16(9-11-20-17)19-10-8-15-6-4-3-5-7-15/h3-7,9,11-12,14H,8,10,13H2,1-2H3,(H,19,20)(H,21,22). The smallest absolute Gasteiger partial charge is 0.269 e. The van der Waals surface area contributed by atoms with Crippen LogP contribution >= 0.6 is 0 Å². The molecule has 1 amide bonds. The molecule has 1 heterocycles. The molecule has 0 atom stereocenters. The topological polar surface area (TPSA) is 54.0 Å². The van der Waals surface area contributed by atoms with Crippen molar-refractivity contribution in [2.75, 3.05) is 18.4 Å². The molecule has 1 aromatic heterocycles. The highest BCUT2D eigenvalue weighted by Crippen LogP contribution is 2.09. The van der Waals surface area contributed by atoms with Gasteiger partial charge in [0.1, 0.15) is 5.69 Å². The first-order valence-corrected chi connectivity index (χ1v) is 7.67. The number of carbonyl (C=O) groups excluding carboxylic acids is 1. The molecular formula is C18H23N3O. The van der Waals surface area contributed by atoms with E-state index < -0.39 is 0 Å². The third-order valence-corrected chi connectivity index (χ3v) is 3.25. The number of aromatic nitrogens is 1. The summed E-state index contributed by atoms with van der Waals surface area (Å²) in [5.41, 5.74) is 2.66. The van der Waals surface area contributed by atoms with Crippen LogP contribution in [0, 0.1) is 5.92 Å². The molecule has 0 unspecified atom stereocenters. The van der Waals surface area contributed by atoms with Crippen molar-refractivity contribution in [2.45, 2.75) is 20.3 Å². The largest absolute Gasteiger partial charge is 0.385 e. The normalized spacial score (nSPS) is 10.5. The van der Waals surface area contributed by atoms with Crippen molar-refractivity contribution in [1.29, 1.82) is 0 Å². The van der Waals surface area contributed by atoms with Crippen LogP contribution < -0.4 is 10.6 Å². The van der Waals surface area contributed by atoms with Gasteiger partial charge < -0.3 is 10.6 Å². The van der Waals surface area contributed by atoms with Gasteiger partial charge in [-0.1, -0.05) is 44.2 Å². The molecule has 0 aliphatic carbocycles. The number of hydrogen-bond acceptors (Lipinski definition) is 3. The highest BCUT2D eigenvalue weighted by molar-refractivity contribution is 5.93. The van der Waals surface area contributed by atoms with E-state index >= 15 is 0 Å². The predicted molar refractivity (Wildman–Crippen MR) is 90.0 cm³/mol. The fourth-order valence-corrected chi connectivity index (χ4v) is 2.05. The summed E-state index contributed by atoms with van der Waals surface area (Å²) < 4.78 is 0. The highest BCUT2D eigenvalue weighted by atomic mass is 16.1. The number of anilines is 1. The van der Waals surface area contributed by atoms with Crippen LogP contribution in [-0.2, 0) is 6.42 Å². The van der Waals surface area contributed by atoms with Gasteiger partial charge in [0.2, 0.25) is 0 Å². The molecule has 22 heavy (non-hydrogen) atoms. The molecule has 116 valence electrons. The van der Waals surface area contributed by atoms with Crippen molar-refractivity contribution >= 4 is 11.6 Å². The Hall–Kier alpha value is -2.36. The Balaban J connectivity index is 1.87. The Morgan fingerprint density at radius 1 is 1.18 bits per heavy atom. The lowest BCUT2D eigenvalue weighted by Crippen LogP contribution is -2.28. The Labute approximate surface area is 132 Å². The number of benzene rings is 1. The SMILES string of the molecule is CC(C)CNC(=O)c1cc(NCCc2ccccc2)ccn1. The molecule has 2 aromatic rings. The summed E-state index contributed by atoms with van der Waals surface area (Å²) in [5.74, 6) is 0.302. The molecule has 0 saturated heterocycles. The summed E-state index contributed by atoms with van der Waals surface area (Å²) in [6.45, 7) is 5.61. The monoisotopic (exact) mass is 297 g/mol. The van der Waals surface area contributed by atoms with E-state index in [0.29, 0.717) is 18.2 Å². The number of hydrogen-bond donors (Lipinski definition) is 2. The maximum Gasteiger partial charge on any atom is 0.269 e. The number of carbonyl (C=O) groups is 1. The highest BCUT2D eigenvalue weighted by Gasteiger charge is 2.08. The first-order chi connectivity index (χ1) is 10.6. The third kappa shape index (κ3) is 5.20. The zero-order valence-electron chi connectivity index (χ0n) is 13.2. The molecule has 0 radical (unpaired) electrons. The molecule has 0 bridgehead atoms. The van der Waals surface area contributed by atoms with Crippen LogP contribution in [0.25, 0.3) is 0 Å². The van der Waals surface area contributed by atoms with Crippen LogP contribution in [0.15, 0.2) is 48.7 Å². The summed E-state index contributed by atoms with van der Waals surface area (Å²) >= 11 is 0. The van der Waals surface area contributed by atoms with Crippen molar-refractivity contribution in [2.24, 2.45) is 5.92 Å². The van der Waals surface area contributed by atoms with Crippen LogP contribution in [0.5, 0.6) is 0 Å². The molecule has 1 aromatic carbocycles. The number of amides is 1. The Morgan fingerprint density at radius 2 is 1.95 bits per heavy atom. The van der Waals surface area contributed by atoms with E-state index in [2.05, 4.69) is 41.6 Å². The molecule has 0 spiro atoms. The van der Waals surface area contributed by atoms with Gasteiger partial charge in [-0.3, -0.25) is 9.78 Å². The second-order valence-electron chi connectivity index (χ2n) is 5.70. The van der Waals surface area contributed by atoms with Crippen molar-refractivity contribution in [3.8, 4) is 0 Å². The summed E-state index contributed by atoms with van der Waals surface area (Å²) in [7, 11) is 0. The van der Waals surface area contributed by atoms with E-state index in [1.54, 1.807) is 12.3 Å². The van der Waals surface area contributed by atoms with Crippen molar-refractivity contribution in [1.82, 2.24) is 10.3 Å². The summed E-state index contributed by atoms with van der Waals surface area (Å²) in [5, 5.41) is 6.21. The minimum atomic E-state index is -0.125. The minimum absolute atomic E-state index is 0.125. The fraction of sp³-hybridized carbons (Fsp3) is 0.333. The maximum atomic E-state index is 12.0. The van der Waals surface area contributed by atoms with E-state index in [0.717, 1.165) is 18.7 Å². The van der Waals surface area contributed by atoms with E-state index in [1.807, 2.05) is 24.3 Å². The van der Waals surface area contributed by atoms with Gasteiger partial charge in [0.05, 0.1) is 0 Å². The van der Waals surface area contributed by atoms with Crippen LogP contribution in [0.3, 0.4) is 0 Å². The van der Waals surface area contributed by atoms with Crippen LogP contribution in [0.4, 0.5) is 5.69 Å². The molecule has 0 fully saturated rings. The summed E-state index contributed by atoms with van der Waals surface area (Å²) in [6, 6.07) is 14.0. The zero-order valence-corrected chi connectivity index (χ0v) is 13.2. The average Bonchev–Trinajstić information content (AvgIpc) is 2.54. The van der Waals surface area contributed by atoms with E-state index in [4.69, 9.17) is 0 Å². The minimum Gasteiger partial charge on any atom is -0.385 e. The molecule has 2 N–H and O–H groups in total. The van der Waals surface area contributed by atoms with E-state index in [1.165, 1.54) is 5.56 Å². The number of rotatable bonds is 7. The van der Waals surface area contributed by atoms with Crippen LogP contribution in [0.2, 0.25) is 0 Å². The van der Waals surface area contributed by atoms with Gasteiger partial charge in [-0.15, -0.1) is 0 Å².